The summed E-state index contributed by atoms with van der Waals surface area (Å²) in [5.41, 5.74) is 0.548. The fraction of sp³-hybridized carbons (Fsp3) is 0.750. The van der Waals surface area contributed by atoms with Crippen LogP contribution in [0.25, 0.3) is 0 Å². The Morgan fingerprint density at radius 2 is 1.48 bits per heavy atom. The van der Waals surface area contributed by atoms with Crippen molar-refractivity contribution in [1.82, 2.24) is 0 Å². The summed E-state index contributed by atoms with van der Waals surface area (Å²) in [5.74, 6) is 1.24. The Labute approximate surface area is 163 Å². The molecule has 0 amide bonds. The molecule has 0 bridgehead atoms. The van der Waals surface area contributed by atoms with E-state index in [4.69, 9.17) is 4.74 Å². The van der Waals surface area contributed by atoms with Crippen molar-refractivity contribution < 1.29 is 13.5 Å². The minimum atomic E-state index is -0.835. The van der Waals surface area contributed by atoms with Crippen LogP contribution in [-0.4, -0.2) is 7.11 Å². The lowest BCUT2D eigenvalue weighted by atomic mass is 9.68. The molecule has 0 saturated heterocycles. The maximum Gasteiger partial charge on any atom is 0.200 e. The molecule has 0 spiro atoms. The van der Waals surface area contributed by atoms with Crippen molar-refractivity contribution in [3.8, 4) is 5.75 Å². The fourth-order valence-electron chi connectivity index (χ4n) is 5.55. The fourth-order valence-corrected chi connectivity index (χ4v) is 5.55. The second-order valence-electron chi connectivity index (χ2n) is 8.87. The van der Waals surface area contributed by atoms with Gasteiger partial charge in [0, 0.05) is 0 Å². The van der Waals surface area contributed by atoms with Gasteiger partial charge in [-0.05, 0) is 73.8 Å². The Morgan fingerprint density at radius 3 is 2.07 bits per heavy atom. The quantitative estimate of drug-likeness (QED) is 0.443. The average molecular weight is 379 g/mol. The SMILES string of the molecule is CCCCCC1CCC(C2CCC(c3ccc(OC)c(F)c3F)CC2)CC1. The molecule has 27 heavy (non-hydrogen) atoms. The maximum absolute atomic E-state index is 14.4. The Bertz CT molecular complexity index is 584. The molecule has 0 N–H and O–H groups in total. The van der Waals surface area contributed by atoms with Gasteiger partial charge in [0.25, 0.3) is 0 Å². The van der Waals surface area contributed by atoms with Crippen molar-refractivity contribution in [2.24, 2.45) is 17.8 Å². The largest absolute Gasteiger partial charge is 0.494 e. The number of halogens is 2. The number of rotatable bonds is 7. The van der Waals surface area contributed by atoms with Gasteiger partial charge in [0.15, 0.2) is 11.6 Å². The molecule has 2 aliphatic carbocycles. The van der Waals surface area contributed by atoms with E-state index in [2.05, 4.69) is 6.92 Å². The van der Waals surface area contributed by atoms with Gasteiger partial charge in [0.2, 0.25) is 5.82 Å². The zero-order valence-corrected chi connectivity index (χ0v) is 17.1. The van der Waals surface area contributed by atoms with Crippen molar-refractivity contribution in [3.63, 3.8) is 0 Å². The van der Waals surface area contributed by atoms with Crippen molar-refractivity contribution in [2.45, 2.75) is 89.9 Å². The molecule has 3 heteroatoms. The van der Waals surface area contributed by atoms with E-state index in [-0.39, 0.29) is 11.7 Å². The maximum atomic E-state index is 14.4. The summed E-state index contributed by atoms with van der Waals surface area (Å²) in [4.78, 5) is 0. The lowest BCUT2D eigenvalue weighted by Gasteiger charge is -2.38. The first-order chi connectivity index (χ1) is 13.1. The molecule has 2 fully saturated rings. The van der Waals surface area contributed by atoms with Crippen LogP contribution in [0, 0.1) is 29.4 Å². The minimum absolute atomic E-state index is 0.000586. The summed E-state index contributed by atoms with van der Waals surface area (Å²) in [6, 6.07) is 3.30. The van der Waals surface area contributed by atoms with Gasteiger partial charge >= 0.3 is 0 Å². The van der Waals surface area contributed by atoms with Gasteiger partial charge in [0.05, 0.1) is 7.11 Å². The minimum Gasteiger partial charge on any atom is -0.494 e. The summed E-state index contributed by atoms with van der Waals surface area (Å²) >= 11 is 0. The van der Waals surface area contributed by atoms with Crippen molar-refractivity contribution >= 4 is 0 Å². The van der Waals surface area contributed by atoms with E-state index in [1.807, 2.05) is 0 Å². The van der Waals surface area contributed by atoms with E-state index >= 15 is 0 Å². The molecule has 0 heterocycles. The molecule has 152 valence electrons. The van der Waals surface area contributed by atoms with Crippen LogP contribution >= 0.6 is 0 Å². The summed E-state index contributed by atoms with van der Waals surface area (Å²) < 4.78 is 33.3. The summed E-state index contributed by atoms with van der Waals surface area (Å²) in [6.45, 7) is 2.28. The van der Waals surface area contributed by atoms with Gasteiger partial charge in [-0.3, -0.25) is 0 Å². The molecule has 0 aromatic heterocycles. The highest BCUT2D eigenvalue weighted by molar-refractivity contribution is 5.33. The highest BCUT2D eigenvalue weighted by Gasteiger charge is 2.32. The zero-order valence-electron chi connectivity index (χ0n) is 17.1. The van der Waals surface area contributed by atoms with E-state index in [0.717, 1.165) is 30.6 Å². The predicted molar refractivity (Wildman–Crippen MR) is 107 cm³/mol. The smallest absolute Gasteiger partial charge is 0.200 e. The number of benzene rings is 1. The van der Waals surface area contributed by atoms with Crippen LogP contribution in [0.15, 0.2) is 12.1 Å². The standard InChI is InChI=1S/C24H36F2O/c1-3-4-5-6-17-7-9-18(10-8-17)19-11-13-20(14-12-19)21-15-16-22(27-2)24(26)23(21)25/h15-20H,3-14H2,1-2H3. The van der Waals surface area contributed by atoms with Crippen LogP contribution in [0.5, 0.6) is 5.75 Å². The van der Waals surface area contributed by atoms with Gasteiger partial charge < -0.3 is 4.74 Å². The van der Waals surface area contributed by atoms with Crippen molar-refractivity contribution in [3.05, 3.63) is 29.3 Å². The third kappa shape index (κ3) is 5.03. The number of ether oxygens (including phenoxy) is 1. The van der Waals surface area contributed by atoms with Gasteiger partial charge in [-0.2, -0.15) is 4.39 Å². The van der Waals surface area contributed by atoms with Crippen LogP contribution in [0.2, 0.25) is 0 Å². The summed E-state index contributed by atoms with van der Waals surface area (Å²) in [7, 11) is 1.38. The second-order valence-corrected chi connectivity index (χ2v) is 8.87. The van der Waals surface area contributed by atoms with Gasteiger partial charge in [-0.25, -0.2) is 4.39 Å². The summed E-state index contributed by atoms with van der Waals surface area (Å²) in [6.07, 6.45) is 15.4. The normalized spacial score (nSPS) is 28.9. The Morgan fingerprint density at radius 1 is 0.852 bits per heavy atom. The van der Waals surface area contributed by atoms with E-state index in [0.29, 0.717) is 5.56 Å². The molecular formula is C24H36F2O. The molecule has 0 atom stereocenters. The van der Waals surface area contributed by atoms with E-state index in [9.17, 15) is 8.78 Å². The van der Waals surface area contributed by atoms with Crippen LogP contribution in [0.3, 0.4) is 0 Å². The molecule has 2 aliphatic rings. The highest BCUT2D eigenvalue weighted by atomic mass is 19.2. The first-order valence-electron chi connectivity index (χ1n) is 11.2. The lowest BCUT2D eigenvalue weighted by molar-refractivity contribution is 0.155. The molecule has 1 nitrogen and oxygen atoms in total. The average Bonchev–Trinajstić information content (AvgIpc) is 2.71. The molecule has 1 aromatic carbocycles. The molecule has 3 rings (SSSR count). The van der Waals surface area contributed by atoms with Crippen LogP contribution in [0.4, 0.5) is 8.78 Å². The van der Waals surface area contributed by atoms with Crippen LogP contribution < -0.4 is 4.74 Å². The Balaban J connectivity index is 1.48. The third-order valence-electron chi connectivity index (χ3n) is 7.28. The number of hydrogen-bond donors (Lipinski definition) is 0. The third-order valence-corrected chi connectivity index (χ3v) is 7.28. The van der Waals surface area contributed by atoms with Gasteiger partial charge in [-0.15, -0.1) is 0 Å². The highest BCUT2D eigenvalue weighted by Crippen LogP contribution is 2.45. The molecule has 0 aliphatic heterocycles. The first kappa shape index (κ1) is 20.6. The predicted octanol–water partition coefficient (Wildman–Crippen LogP) is 7.63. The molecule has 1 aromatic rings. The monoisotopic (exact) mass is 378 g/mol. The van der Waals surface area contributed by atoms with Crippen molar-refractivity contribution in [2.75, 3.05) is 7.11 Å². The van der Waals surface area contributed by atoms with Gasteiger partial charge in [-0.1, -0.05) is 51.5 Å². The molecule has 0 unspecified atom stereocenters. The Kier molecular flexibility index (Phi) is 7.55. The first-order valence-corrected chi connectivity index (χ1v) is 11.2. The molecule has 2 saturated carbocycles. The van der Waals surface area contributed by atoms with Crippen molar-refractivity contribution in [1.29, 1.82) is 0 Å². The zero-order chi connectivity index (χ0) is 19.2. The number of methoxy groups -OCH3 is 1. The number of hydrogen-bond acceptors (Lipinski definition) is 1. The second kappa shape index (κ2) is 9.89. The lowest BCUT2D eigenvalue weighted by Crippen LogP contribution is -2.25. The topological polar surface area (TPSA) is 9.23 Å². The summed E-state index contributed by atoms with van der Waals surface area (Å²) in [5, 5.41) is 0. The van der Waals surface area contributed by atoms with E-state index in [1.165, 1.54) is 71.3 Å². The van der Waals surface area contributed by atoms with E-state index < -0.39 is 11.6 Å². The Hall–Kier alpha value is -1.12. The molecular weight excluding hydrogens is 342 g/mol. The van der Waals surface area contributed by atoms with E-state index in [1.54, 1.807) is 12.1 Å². The number of unbranched alkanes of at least 4 members (excludes halogenated alkanes) is 2. The van der Waals surface area contributed by atoms with Crippen LogP contribution in [0.1, 0.15) is 95.5 Å². The van der Waals surface area contributed by atoms with Crippen LogP contribution in [-0.2, 0) is 0 Å². The van der Waals surface area contributed by atoms with Gasteiger partial charge in [0.1, 0.15) is 0 Å². The molecule has 0 radical (unpaired) electrons.